The molecule has 0 saturated heterocycles. The Bertz CT molecular complexity index is 660. The summed E-state index contributed by atoms with van der Waals surface area (Å²) in [6, 6.07) is 5.58. The van der Waals surface area contributed by atoms with Crippen LogP contribution in [0, 0.1) is 10.1 Å². The molecule has 0 spiro atoms. The fraction of sp³-hybridized carbons (Fsp3) is 0.0769. The number of carbonyl (C=O) groups excluding carboxylic acids is 1. The molecule has 0 N–H and O–H groups in total. The van der Waals surface area contributed by atoms with Crippen molar-refractivity contribution in [2.45, 2.75) is 6.43 Å². The smallest absolute Gasteiger partial charge is 0.280 e. The number of carbonyl (C=O) groups is 1. The van der Waals surface area contributed by atoms with Crippen molar-refractivity contribution in [3.8, 4) is 0 Å². The van der Waals surface area contributed by atoms with Gasteiger partial charge in [-0.15, -0.1) is 0 Å². The summed E-state index contributed by atoms with van der Waals surface area (Å²) in [5, 5.41) is 10.9. The van der Waals surface area contributed by atoms with Crippen molar-refractivity contribution < 1.29 is 18.5 Å². The summed E-state index contributed by atoms with van der Waals surface area (Å²) in [7, 11) is 0. The maximum Gasteiger partial charge on any atom is 0.280 e. The van der Waals surface area contributed by atoms with Crippen LogP contribution >= 0.6 is 0 Å². The first-order chi connectivity index (χ1) is 9.50. The van der Waals surface area contributed by atoms with Gasteiger partial charge in [0.05, 0.1) is 4.92 Å². The molecule has 0 aliphatic heterocycles. The number of hydrogen-bond acceptors (Lipinski definition) is 4. The van der Waals surface area contributed by atoms with Crippen LogP contribution in [0.25, 0.3) is 0 Å². The summed E-state index contributed by atoms with van der Waals surface area (Å²) in [5.74, 6) is -0.715. The monoisotopic (exact) mass is 278 g/mol. The topological polar surface area (TPSA) is 73.1 Å². The second-order valence-electron chi connectivity index (χ2n) is 3.91. The van der Waals surface area contributed by atoms with Gasteiger partial charge in [0, 0.05) is 29.6 Å². The van der Waals surface area contributed by atoms with E-state index in [0.717, 1.165) is 18.2 Å². The number of ketones is 1. The minimum atomic E-state index is -2.81. The minimum Gasteiger partial charge on any atom is -0.288 e. The molecule has 1 aromatic carbocycles. The summed E-state index contributed by atoms with van der Waals surface area (Å²) in [5.41, 5.74) is -1.23. The number of halogens is 2. The molecule has 0 aliphatic carbocycles. The zero-order valence-electron chi connectivity index (χ0n) is 9.99. The largest absolute Gasteiger partial charge is 0.288 e. The van der Waals surface area contributed by atoms with Crippen molar-refractivity contribution in [2.75, 3.05) is 0 Å². The van der Waals surface area contributed by atoms with Gasteiger partial charge >= 0.3 is 0 Å². The molecule has 2 aromatic rings. The Morgan fingerprint density at radius 1 is 1.30 bits per heavy atom. The van der Waals surface area contributed by atoms with Crippen LogP contribution in [0.5, 0.6) is 0 Å². The highest BCUT2D eigenvalue weighted by Gasteiger charge is 2.23. The van der Waals surface area contributed by atoms with Gasteiger partial charge in [0.1, 0.15) is 5.56 Å². The van der Waals surface area contributed by atoms with Gasteiger partial charge in [0.15, 0.2) is 0 Å². The zero-order valence-corrected chi connectivity index (χ0v) is 9.99. The van der Waals surface area contributed by atoms with E-state index in [1.54, 1.807) is 0 Å². The van der Waals surface area contributed by atoms with Gasteiger partial charge in [-0.1, -0.05) is 0 Å². The van der Waals surface area contributed by atoms with Crippen LogP contribution in [0.15, 0.2) is 42.7 Å². The van der Waals surface area contributed by atoms with Gasteiger partial charge in [-0.05, 0) is 24.3 Å². The van der Waals surface area contributed by atoms with E-state index in [1.165, 1.54) is 24.5 Å². The van der Waals surface area contributed by atoms with Crippen molar-refractivity contribution in [3.63, 3.8) is 0 Å². The third kappa shape index (κ3) is 2.66. The average Bonchev–Trinajstić information content (AvgIpc) is 2.46. The molecule has 0 unspecified atom stereocenters. The second-order valence-corrected chi connectivity index (χ2v) is 3.91. The van der Waals surface area contributed by atoms with Crippen molar-refractivity contribution in [3.05, 3.63) is 69.5 Å². The molecule has 1 aromatic heterocycles. The Balaban J connectivity index is 2.56. The highest BCUT2D eigenvalue weighted by atomic mass is 19.3. The number of nitrogens with zero attached hydrogens (tertiary/aromatic N) is 2. The van der Waals surface area contributed by atoms with Crippen LogP contribution in [-0.4, -0.2) is 15.7 Å². The summed E-state index contributed by atoms with van der Waals surface area (Å²) in [6.07, 6.45) is -0.154. The predicted molar refractivity (Wildman–Crippen MR) is 65.7 cm³/mol. The van der Waals surface area contributed by atoms with Crippen LogP contribution in [0.4, 0.5) is 14.5 Å². The lowest BCUT2D eigenvalue weighted by atomic mass is 10.0. The van der Waals surface area contributed by atoms with E-state index in [4.69, 9.17) is 0 Å². The molecular formula is C13H8F2N2O3. The molecule has 0 bridgehead atoms. The van der Waals surface area contributed by atoms with E-state index in [2.05, 4.69) is 4.98 Å². The van der Waals surface area contributed by atoms with E-state index >= 15 is 0 Å². The Morgan fingerprint density at radius 2 is 2.05 bits per heavy atom. The molecule has 0 radical (unpaired) electrons. The summed E-state index contributed by atoms with van der Waals surface area (Å²) in [6.45, 7) is 0. The van der Waals surface area contributed by atoms with Gasteiger partial charge in [0.25, 0.3) is 12.1 Å². The van der Waals surface area contributed by atoms with Crippen molar-refractivity contribution in [1.82, 2.24) is 4.98 Å². The Morgan fingerprint density at radius 3 is 2.60 bits per heavy atom. The standard InChI is InChI=1S/C13H8F2N2O3/c14-13(15)8-3-4-11(17(19)20)10(6-8)12(18)9-2-1-5-16-7-9/h1-7,13H. The fourth-order valence-electron chi connectivity index (χ4n) is 1.68. The van der Waals surface area contributed by atoms with E-state index in [0.29, 0.717) is 0 Å². The molecule has 0 saturated carbocycles. The number of nitro groups is 1. The van der Waals surface area contributed by atoms with Crippen LogP contribution in [0.3, 0.4) is 0 Å². The Hall–Kier alpha value is -2.70. The summed E-state index contributed by atoms with van der Waals surface area (Å²) >= 11 is 0. The normalized spacial score (nSPS) is 10.6. The number of alkyl halides is 2. The zero-order chi connectivity index (χ0) is 14.7. The molecule has 1 heterocycles. The lowest BCUT2D eigenvalue weighted by molar-refractivity contribution is -0.385. The number of benzene rings is 1. The lowest BCUT2D eigenvalue weighted by Crippen LogP contribution is -2.07. The average molecular weight is 278 g/mol. The first-order valence-electron chi connectivity index (χ1n) is 5.52. The van der Waals surface area contributed by atoms with Crippen molar-refractivity contribution >= 4 is 11.5 Å². The summed E-state index contributed by atoms with van der Waals surface area (Å²) < 4.78 is 25.3. The lowest BCUT2D eigenvalue weighted by Gasteiger charge is -2.05. The molecule has 7 heteroatoms. The maximum absolute atomic E-state index is 12.7. The van der Waals surface area contributed by atoms with Crippen molar-refractivity contribution in [2.24, 2.45) is 0 Å². The first kappa shape index (κ1) is 13.7. The molecule has 0 atom stereocenters. The van der Waals surface area contributed by atoms with E-state index in [1.807, 2.05) is 0 Å². The third-order valence-corrected chi connectivity index (χ3v) is 2.64. The molecule has 5 nitrogen and oxygen atoms in total. The number of aromatic nitrogens is 1. The minimum absolute atomic E-state index is 0.0991. The van der Waals surface area contributed by atoms with E-state index in [9.17, 15) is 23.7 Å². The fourth-order valence-corrected chi connectivity index (χ4v) is 1.68. The van der Waals surface area contributed by atoms with Gasteiger partial charge < -0.3 is 0 Å². The number of hydrogen-bond donors (Lipinski definition) is 0. The number of pyridine rings is 1. The van der Waals surface area contributed by atoms with Crippen LogP contribution in [0.2, 0.25) is 0 Å². The van der Waals surface area contributed by atoms with Crippen LogP contribution in [-0.2, 0) is 0 Å². The molecule has 102 valence electrons. The third-order valence-electron chi connectivity index (χ3n) is 2.64. The Kier molecular flexibility index (Phi) is 3.79. The second kappa shape index (κ2) is 5.52. The Labute approximate surface area is 112 Å². The molecule has 2 rings (SSSR count). The quantitative estimate of drug-likeness (QED) is 0.489. The SMILES string of the molecule is O=C(c1cccnc1)c1cc(C(F)F)ccc1[N+](=O)[O-]. The van der Waals surface area contributed by atoms with Gasteiger partial charge in [-0.25, -0.2) is 8.78 Å². The van der Waals surface area contributed by atoms with Crippen molar-refractivity contribution in [1.29, 1.82) is 0 Å². The van der Waals surface area contributed by atoms with Crippen LogP contribution in [0.1, 0.15) is 27.9 Å². The molecule has 0 fully saturated rings. The van der Waals surface area contributed by atoms with Gasteiger partial charge in [0.2, 0.25) is 5.78 Å². The maximum atomic E-state index is 12.7. The van der Waals surface area contributed by atoms with Crippen LogP contribution < -0.4 is 0 Å². The molecular weight excluding hydrogens is 270 g/mol. The predicted octanol–water partition coefficient (Wildman–Crippen LogP) is 3.16. The number of rotatable bonds is 4. The van der Waals surface area contributed by atoms with E-state index in [-0.39, 0.29) is 11.1 Å². The van der Waals surface area contributed by atoms with Gasteiger partial charge in [-0.2, -0.15) is 0 Å². The highest BCUT2D eigenvalue weighted by molar-refractivity contribution is 6.11. The molecule has 0 amide bonds. The first-order valence-corrected chi connectivity index (χ1v) is 5.52. The highest BCUT2D eigenvalue weighted by Crippen LogP contribution is 2.27. The number of nitro benzene ring substituents is 1. The van der Waals surface area contributed by atoms with E-state index < -0.39 is 28.4 Å². The van der Waals surface area contributed by atoms with Gasteiger partial charge in [-0.3, -0.25) is 19.9 Å². The summed E-state index contributed by atoms with van der Waals surface area (Å²) in [4.78, 5) is 26.0. The molecule has 0 aliphatic rings. The molecule has 20 heavy (non-hydrogen) atoms.